The van der Waals surface area contributed by atoms with E-state index in [2.05, 4.69) is 40.8 Å². The number of hydrogen-bond donors (Lipinski definition) is 0. The summed E-state index contributed by atoms with van der Waals surface area (Å²) in [6.07, 6.45) is 2.19. The molecule has 0 spiro atoms. The molecular formula is C25H23IO4S. The number of esters is 1. The molecule has 0 aliphatic carbocycles. The predicted molar refractivity (Wildman–Crippen MR) is 134 cm³/mol. The number of methoxy groups -OCH3 is 2. The van der Waals surface area contributed by atoms with Gasteiger partial charge in [0, 0.05) is 32.3 Å². The molecule has 0 aliphatic rings. The Kier molecular flexibility index (Phi) is 8.43. The van der Waals surface area contributed by atoms with Crippen molar-refractivity contribution < 1.29 is 19.0 Å². The van der Waals surface area contributed by atoms with E-state index in [0.29, 0.717) is 5.75 Å². The van der Waals surface area contributed by atoms with Crippen molar-refractivity contribution >= 4 is 45.9 Å². The number of carbonyl (C=O) groups is 1. The molecule has 0 heterocycles. The summed E-state index contributed by atoms with van der Waals surface area (Å²) in [5, 5.41) is 0. The Morgan fingerprint density at radius 1 is 0.935 bits per heavy atom. The van der Waals surface area contributed by atoms with Crippen LogP contribution >= 0.6 is 34.4 Å². The van der Waals surface area contributed by atoms with E-state index < -0.39 is 0 Å². The van der Waals surface area contributed by atoms with Gasteiger partial charge >= 0.3 is 5.97 Å². The van der Waals surface area contributed by atoms with E-state index >= 15 is 0 Å². The molecule has 0 amide bonds. The van der Waals surface area contributed by atoms with Crippen molar-refractivity contribution in [3.8, 4) is 17.2 Å². The van der Waals surface area contributed by atoms with Gasteiger partial charge in [0.25, 0.3) is 0 Å². The Bertz CT molecular complexity index is 1040. The fraction of sp³-hybridized carbons (Fsp3) is 0.160. The highest BCUT2D eigenvalue weighted by Gasteiger charge is 2.14. The molecule has 0 radical (unpaired) electrons. The second-order valence-corrected chi connectivity index (χ2v) is 8.74. The monoisotopic (exact) mass is 546 g/mol. The lowest BCUT2D eigenvalue weighted by atomic mass is 9.96. The van der Waals surface area contributed by atoms with Gasteiger partial charge in [0.05, 0.1) is 14.2 Å². The van der Waals surface area contributed by atoms with Crippen molar-refractivity contribution in [3.63, 3.8) is 0 Å². The Balaban J connectivity index is 1.92. The van der Waals surface area contributed by atoms with Crippen molar-refractivity contribution in [1.29, 1.82) is 0 Å². The molecule has 0 aliphatic heterocycles. The number of carbonyl (C=O) groups excluding carboxylic acids is 1. The highest BCUT2D eigenvalue weighted by Crippen LogP contribution is 2.36. The number of benzene rings is 3. The van der Waals surface area contributed by atoms with Crippen LogP contribution in [0.2, 0.25) is 0 Å². The summed E-state index contributed by atoms with van der Waals surface area (Å²) >= 11 is 3.98. The van der Waals surface area contributed by atoms with Gasteiger partial charge in [-0.3, -0.25) is 4.79 Å². The summed E-state index contributed by atoms with van der Waals surface area (Å²) in [6.45, 7) is 1.40. The van der Waals surface area contributed by atoms with E-state index in [1.54, 1.807) is 26.0 Å². The van der Waals surface area contributed by atoms with Crippen molar-refractivity contribution in [2.45, 2.75) is 11.8 Å². The normalized spacial score (nSPS) is 10.3. The lowest BCUT2D eigenvalue weighted by Gasteiger charge is -2.16. The van der Waals surface area contributed by atoms with Crippen molar-refractivity contribution in [2.75, 3.05) is 20.0 Å². The van der Waals surface area contributed by atoms with Crippen molar-refractivity contribution in [1.82, 2.24) is 0 Å². The number of rotatable bonds is 8. The third kappa shape index (κ3) is 6.04. The summed E-state index contributed by atoms with van der Waals surface area (Å²) in [5.74, 6) is 2.60. The van der Waals surface area contributed by atoms with E-state index in [9.17, 15) is 4.79 Å². The molecule has 4 nitrogen and oxygen atoms in total. The third-order valence-electron chi connectivity index (χ3n) is 4.49. The van der Waals surface area contributed by atoms with Gasteiger partial charge in [-0.2, -0.15) is 0 Å². The van der Waals surface area contributed by atoms with Gasteiger partial charge in [0.15, 0.2) is 0 Å². The van der Waals surface area contributed by atoms with E-state index in [4.69, 9.17) is 14.2 Å². The van der Waals surface area contributed by atoms with E-state index in [0.717, 1.165) is 42.4 Å². The van der Waals surface area contributed by atoms with Gasteiger partial charge in [-0.1, -0.05) is 42.5 Å². The maximum Gasteiger partial charge on any atom is 0.308 e. The highest BCUT2D eigenvalue weighted by atomic mass is 127. The Morgan fingerprint density at radius 3 is 2.03 bits per heavy atom. The smallest absolute Gasteiger partial charge is 0.308 e. The van der Waals surface area contributed by atoms with Crippen LogP contribution in [0, 0.1) is 3.57 Å². The first-order valence-electron chi connectivity index (χ1n) is 9.61. The zero-order valence-corrected chi connectivity index (χ0v) is 20.5. The predicted octanol–water partition coefficient (Wildman–Crippen LogP) is 6.46. The molecule has 0 N–H and O–H groups in total. The summed E-state index contributed by atoms with van der Waals surface area (Å²) in [6, 6.07) is 21.6. The Morgan fingerprint density at radius 2 is 1.52 bits per heavy atom. The van der Waals surface area contributed by atoms with Crippen molar-refractivity contribution in [2.24, 2.45) is 0 Å². The van der Waals surface area contributed by atoms with Crippen LogP contribution in [0.3, 0.4) is 0 Å². The molecule has 0 bridgehead atoms. The second kappa shape index (κ2) is 11.2. The van der Waals surface area contributed by atoms with Gasteiger partial charge < -0.3 is 14.2 Å². The average Bonchev–Trinajstić information content (AvgIpc) is 2.77. The molecule has 31 heavy (non-hydrogen) atoms. The molecule has 0 unspecified atom stereocenters. The lowest BCUT2D eigenvalue weighted by Crippen LogP contribution is -2.01. The second-order valence-electron chi connectivity index (χ2n) is 6.52. The molecule has 3 aromatic rings. The number of ether oxygens (including phenoxy) is 3. The van der Waals surface area contributed by atoms with Gasteiger partial charge in [0.1, 0.15) is 17.2 Å². The molecule has 0 aromatic heterocycles. The number of halogens is 1. The van der Waals surface area contributed by atoms with Gasteiger partial charge in [-0.15, -0.1) is 11.8 Å². The molecular weight excluding hydrogens is 523 g/mol. The largest absolute Gasteiger partial charge is 0.496 e. The molecule has 3 rings (SSSR count). The first kappa shape index (κ1) is 23.2. The summed E-state index contributed by atoms with van der Waals surface area (Å²) in [5.41, 5.74) is 3.07. The van der Waals surface area contributed by atoms with Crippen LogP contribution in [0.1, 0.15) is 18.1 Å². The van der Waals surface area contributed by atoms with Crippen LogP contribution in [0.4, 0.5) is 0 Å². The SMILES string of the molecule is COc1ccccc1C(=CCSc1ccc(OC(C)=O)cc1I)c1ccccc1OC. The Labute approximate surface area is 200 Å². The first-order chi connectivity index (χ1) is 15.0. The molecule has 0 fully saturated rings. The van der Waals surface area contributed by atoms with Crippen LogP contribution < -0.4 is 14.2 Å². The van der Waals surface area contributed by atoms with Crippen LogP contribution in [0.25, 0.3) is 5.57 Å². The molecule has 160 valence electrons. The third-order valence-corrected chi connectivity index (χ3v) is 6.74. The van der Waals surface area contributed by atoms with E-state index in [1.807, 2.05) is 54.6 Å². The molecule has 0 atom stereocenters. The topological polar surface area (TPSA) is 44.8 Å². The number of thioether (sulfide) groups is 1. The summed E-state index contributed by atoms with van der Waals surface area (Å²) < 4.78 is 17.4. The zero-order valence-electron chi connectivity index (χ0n) is 17.6. The summed E-state index contributed by atoms with van der Waals surface area (Å²) in [4.78, 5) is 12.3. The number of para-hydroxylation sites is 2. The van der Waals surface area contributed by atoms with Crippen LogP contribution in [0.5, 0.6) is 17.2 Å². The maximum absolute atomic E-state index is 11.2. The molecule has 0 saturated heterocycles. The molecule has 0 saturated carbocycles. The van der Waals surface area contributed by atoms with E-state index in [1.165, 1.54) is 6.92 Å². The minimum Gasteiger partial charge on any atom is -0.496 e. The van der Waals surface area contributed by atoms with Crippen LogP contribution in [-0.2, 0) is 4.79 Å². The van der Waals surface area contributed by atoms with Gasteiger partial charge in [-0.05, 0) is 58.5 Å². The molecule has 6 heteroatoms. The quantitative estimate of drug-likeness (QED) is 0.141. The van der Waals surface area contributed by atoms with Crippen LogP contribution in [-0.4, -0.2) is 25.9 Å². The fourth-order valence-electron chi connectivity index (χ4n) is 3.14. The van der Waals surface area contributed by atoms with Crippen LogP contribution in [0.15, 0.2) is 77.7 Å². The highest BCUT2D eigenvalue weighted by molar-refractivity contribution is 14.1. The molecule has 3 aromatic carbocycles. The average molecular weight is 546 g/mol. The van der Waals surface area contributed by atoms with Gasteiger partial charge in [-0.25, -0.2) is 0 Å². The Hall–Kier alpha value is -2.45. The number of hydrogen-bond acceptors (Lipinski definition) is 5. The van der Waals surface area contributed by atoms with E-state index in [-0.39, 0.29) is 5.97 Å². The fourth-order valence-corrected chi connectivity index (χ4v) is 4.89. The van der Waals surface area contributed by atoms with Crippen molar-refractivity contribution in [3.05, 3.63) is 87.5 Å². The first-order valence-corrected chi connectivity index (χ1v) is 11.7. The lowest BCUT2D eigenvalue weighted by molar-refractivity contribution is -0.131. The maximum atomic E-state index is 11.2. The zero-order chi connectivity index (χ0) is 22.2. The summed E-state index contributed by atoms with van der Waals surface area (Å²) in [7, 11) is 3.36. The standard InChI is InChI=1S/C25H23IO4S/c1-17(27)30-18-12-13-25(22(26)16-18)31-15-14-19(20-8-4-6-10-23(20)28-2)21-9-5-7-11-24(21)29-3/h4-14,16H,15H2,1-3H3. The minimum atomic E-state index is -0.322. The minimum absolute atomic E-state index is 0.322. The van der Waals surface area contributed by atoms with Gasteiger partial charge in [0.2, 0.25) is 0 Å².